The van der Waals surface area contributed by atoms with Gasteiger partial charge in [0.2, 0.25) is 11.8 Å². The number of piperazine rings is 1. The standard InChI is InChI=1S/C25H23BrN4O2S/c26-23-11-10-22(33-23)20-16-24(31)30(21-9-5-4-8-19(21)27-20)17-25(32)29-14-12-28(13-15-29)18-6-2-1-3-7-18/h1-11H,12-17H2. The number of anilines is 2. The van der Waals surface area contributed by atoms with Crippen LogP contribution in [-0.2, 0) is 9.59 Å². The highest BCUT2D eigenvalue weighted by atomic mass is 79.9. The first-order valence-electron chi connectivity index (χ1n) is 10.9. The van der Waals surface area contributed by atoms with Gasteiger partial charge in [-0.25, -0.2) is 4.99 Å². The van der Waals surface area contributed by atoms with Crippen LogP contribution in [0.1, 0.15) is 11.3 Å². The minimum Gasteiger partial charge on any atom is -0.368 e. The number of hydrogen-bond donors (Lipinski definition) is 0. The monoisotopic (exact) mass is 522 g/mol. The number of amides is 2. The Bertz CT molecular complexity index is 1200. The van der Waals surface area contributed by atoms with Crippen molar-refractivity contribution < 1.29 is 9.59 Å². The number of hydrogen-bond acceptors (Lipinski definition) is 5. The molecule has 2 aliphatic heterocycles. The van der Waals surface area contributed by atoms with Crippen molar-refractivity contribution in [2.45, 2.75) is 6.42 Å². The molecule has 1 fully saturated rings. The first-order valence-corrected chi connectivity index (χ1v) is 12.5. The number of rotatable bonds is 4. The Morgan fingerprint density at radius 3 is 2.39 bits per heavy atom. The third kappa shape index (κ3) is 4.72. The summed E-state index contributed by atoms with van der Waals surface area (Å²) in [6, 6.07) is 21.7. The van der Waals surface area contributed by atoms with Crippen molar-refractivity contribution in [1.29, 1.82) is 0 Å². The second-order valence-corrected chi connectivity index (χ2v) is 10.5. The van der Waals surface area contributed by atoms with E-state index in [1.54, 1.807) is 16.2 Å². The van der Waals surface area contributed by atoms with Crippen LogP contribution in [-0.4, -0.2) is 55.1 Å². The topological polar surface area (TPSA) is 56.2 Å². The lowest BCUT2D eigenvalue weighted by molar-refractivity contribution is -0.131. The van der Waals surface area contributed by atoms with E-state index in [1.807, 2.05) is 59.5 Å². The third-order valence-electron chi connectivity index (χ3n) is 5.95. The average Bonchev–Trinajstić information content (AvgIpc) is 3.23. The lowest BCUT2D eigenvalue weighted by atomic mass is 10.2. The molecule has 0 atom stereocenters. The predicted octanol–water partition coefficient (Wildman–Crippen LogP) is 4.72. The van der Waals surface area contributed by atoms with Crippen LogP contribution in [0.4, 0.5) is 17.1 Å². The molecule has 0 aliphatic carbocycles. The molecule has 3 heterocycles. The van der Waals surface area contributed by atoms with Crippen LogP contribution in [0.25, 0.3) is 0 Å². The Balaban J connectivity index is 1.31. The second-order valence-electron chi connectivity index (χ2n) is 8.01. The molecule has 0 saturated carbocycles. The molecule has 1 aromatic heterocycles. The third-order valence-corrected chi connectivity index (χ3v) is 7.63. The Kier molecular flexibility index (Phi) is 6.28. The van der Waals surface area contributed by atoms with E-state index in [0.717, 1.165) is 27.5 Å². The maximum atomic E-state index is 13.3. The zero-order valence-electron chi connectivity index (χ0n) is 18.0. The van der Waals surface area contributed by atoms with Crippen LogP contribution in [0.5, 0.6) is 0 Å². The molecule has 2 amide bonds. The number of carbonyl (C=O) groups excluding carboxylic acids is 2. The van der Waals surface area contributed by atoms with E-state index in [4.69, 9.17) is 4.99 Å². The zero-order chi connectivity index (χ0) is 22.8. The van der Waals surface area contributed by atoms with Gasteiger partial charge < -0.3 is 14.7 Å². The molecule has 0 spiro atoms. The summed E-state index contributed by atoms with van der Waals surface area (Å²) in [4.78, 5) is 38.0. The van der Waals surface area contributed by atoms with Crippen molar-refractivity contribution in [2.75, 3.05) is 42.5 Å². The highest BCUT2D eigenvalue weighted by molar-refractivity contribution is 9.11. The molecule has 2 aliphatic rings. The number of fused-ring (bicyclic) bond motifs is 1. The molecule has 6 nitrogen and oxygen atoms in total. The van der Waals surface area contributed by atoms with Crippen molar-refractivity contribution in [2.24, 2.45) is 4.99 Å². The van der Waals surface area contributed by atoms with Crippen LogP contribution in [0, 0.1) is 0 Å². The van der Waals surface area contributed by atoms with Crippen molar-refractivity contribution >= 4 is 61.9 Å². The molecular formula is C25H23BrN4O2S. The number of aliphatic imine (C=N–C) groups is 1. The molecular weight excluding hydrogens is 500 g/mol. The molecule has 1 saturated heterocycles. The summed E-state index contributed by atoms with van der Waals surface area (Å²) in [6.07, 6.45) is 0.163. The number of thiophene rings is 1. The van der Waals surface area contributed by atoms with Gasteiger partial charge in [0.05, 0.1) is 32.2 Å². The number of benzene rings is 2. The molecule has 0 unspecified atom stereocenters. The van der Waals surface area contributed by atoms with Gasteiger partial charge in [-0.2, -0.15) is 0 Å². The summed E-state index contributed by atoms with van der Waals surface area (Å²) in [7, 11) is 0. The summed E-state index contributed by atoms with van der Waals surface area (Å²) in [6.45, 7) is 2.87. The highest BCUT2D eigenvalue weighted by Gasteiger charge is 2.29. The van der Waals surface area contributed by atoms with Gasteiger partial charge >= 0.3 is 0 Å². The van der Waals surface area contributed by atoms with E-state index in [2.05, 4.69) is 33.0 Å². The molecule has 8 heteroatoms. The Hall–Kier alpha value is -2.97. The van der Waals surface area contributed by atoms with Gasteiger partial charge in [0, 0.05) is 31.9 Å². The van der Waals surface area contributed by atoms with Crippen LogP contribution >= 0.6 is 27.3 Å². The lowest BCUT2D eigenvalue weighted by Crippen LogP contribution is -2.52. The van der Waals surface area contributed by atoms with Gasteiger partial charge in [-0.1, -0.05) is 30.3 Å². The van der Waals surface area contributed by atoms with E-state index >= 15 is 0 Å². The minimum absolute atomic E-state index is 0.0259. The Morgan fingerprint density at radius 1 is 0.939 bits per heavy atom. The molecule has 0 N–H and O–H groups in total. The summed E-state index contributed by atoms with van der Waals surface area (Å²) in [5.74, 6) is -0.146. The number of carbonyl (C=O) groups is 2. The summed E-state index contributed by atoms with van der Waals surface area (Å²) in [5, 5.41) is 0. The Labute approximate surface area is 205 Å². The van der Waals surface area contributed by atoms with Gasteiger partial charge in [-0.05, 0) is 52.3 Å². The predicted molar refractivity (Wildman–Crippen MR) is 137 cm³/mol. The van der Waals surface area contributed by atoms with Gasteiger partial charge in [0.15, 0.2) is 0 Å². The fourth-order valence-corrected chi connectivity index (χ4v) is 5.59. The van der Waals surface area contributed by atoms with Crippen molar-refractivity contribution in [1.82, 2.24) is 4.90 Å². The number of nitrogens with zero attached hydrogens (tertiary/aromatic N) is 4. The average molecular weight is 523 g/mol. The molecule has 33 heavy (non-hydrogen) atoms. The smallest absolute Gasteiger partial charge is 0.242 e. The van der Waals surface area contributed by atoms with Gasteiger partial charge in [0.1, 0.15) is 6.54 Å². The van der Waals surface area contributed by atoms with Crippen molar-refractivity contribution in [3.63, 3.8) is 0 Å². The maximum absolute atomic E-state index is 13.3. The second kappa shape index (κ2) is 9.49. The zero-order valence-corrected chi connectivity index (χ0v) is 20.4. The first-order chi connectivity index (χ1) is 16.1. The fraction of sp³-hybridized carbons (Fsp3) is 0.240. The highest BCUT2D eigenvalue weighted by Crippen LogP contribution is 2.34. The minimum atomic E-state index is -0.112. The van der Waals surface area contributed by atoms with Gasteiger partial charge in [-0.3, -0.25) is 9.59 Å². The van der Waals surface area contributed by atoms with Crippen LogP contribution in [0.2, 0.25) is 0 Å². The van der Waals surface area contributed by atoms with E-state index < -0.39 is 0 Å². The van der Waals surface area contributed by atoms with E-state index in [0.29, 0.717) is 24.5 Å². The molecule has 2 aromatic carbocycles. The summed E-state index contributed by atoms with van der Waals surface area (Å²) >= 11 is 5.04. The summed E-state index contributed by atoms with van der Waals surface area (Å²) < 4.78 is 0.992. The quantitative estimate of drug-likeness (QED) is 0.498. The van der Waals surface area contributed by atoms with Gasteiger partial charge in [-0.15, -0.1) is 11.3 Å². The van der Waals surface area contributed by atoms with E-state index in [1.165, 1.54) is 5.69 Å². The van der Waals surface area contributed by atoms with Gasteiger partial charge in [0.25, 0.3) is 0 Å². The maximum Gasteiger partial charge on any atom is 0.242 e. The fourth-order valence-electron chi connectivity index (χ4n) is 4.22. The number of para-hydroxylation sites is 3. The van der Waals surface area contributed by atoms with Crippen LogP contribution in [0.3, 0.4) is 0 Å². The summed E-state index contributed by atoms with van der Waals surface area (Å²) in [5.41, 5.74) is 3.30. The van der Waals surface area contributed by atoms with Crippen LogP contribution < -0.4 is 9.80 Å². The van der Waals surface area contributed by atoms with E-state index in [-0.39, 0.29) is 24.8 Å². The molecule has 0 radical (unpaired) electrons. The normalized spacial score (nSPS) is 16.3. The van der Waals surface area contributed by atoms with Crippen molar-refractivity contribution in [3.8, 4) is 0 Å². The van der Waals surface area contributed by atoms with Crippen LogP contribution in [0.15, 0.2) is 75.5 Å². The van der Waals surface area contributed by atoms with Crippen molar-refractivity contribution in [3.05, 3.63) is 75.4 Å². The molecule has 168 valence electrons. The Morgan fingerprint density at radius 2 is 1.67 bits per heavy atom. The molecule has 3 aromatic rings. The molecule has 5 rings (SSSR count). The largest absolute Gasteiger partial charge is 0.368 e. The lowest BCUT2D eigenvalue weighted by Gasteiger charge is -2.37. The number of halogens is 1. The SMILES string of the molecule is O=C(CN1C(=O)CC(c2ccc(Br)s2)=Nc2ccccc21)N1CCN(c2ccccc2)CC1. The first kappa shape index (κ1) is 21.9. The van der Waals surface area contributed by atoms with E-state index in [9.17, 15) is 9.59 Å². The molecule has 0 bridgehead atoms.